The van der Waals surface area contributed by atoms with E-state index in [1.807, 2.05) is 0 Å². The Balaban J connectivity index is 1.55. The first-order chi connectivity index (χ1) is 14.9. The molecular formula is C27H46O5. The molecule has 4 fully saturated rings. The topological polar surface area (TPSA) is 98.0 Å². The molecule has 5 heteroatoms. The predicted molar refractivity (Wildman–Crippen MR) is 124 cm³/mol. The van der Waals surface area contributed by atoms with Crippen molar-refractivity contribution >= 4 is 5.78 Å². The van der Waals surface area contributed by atoms with Crippen LogP contribution >= 0.6 is 0 Å². The number of carbonyl (C=O) groups is 1. The number of carbonyl (C=O) groups excluding carboxylic acids is 1. The molecular weight excluding hydrogens is 404 g/mol. The second-order valence-corrected chi connectivity index (χ2v) is 13.0. The van der Waals surface area contributed by atoms with Gasteiger partial charge in [-0.3, -0.25) is 4.79 Å². The van der Waals surface area contributed by atoms with Crippen molar-refractivity contribution in [3.8, 4) is 0 Å². The van der Waals surface area contributed by atoms with Crippen molar-refractivity contribution in [2.75, 3.05) is 0 Å². The lowest BCUT2D eigenvalue weighted by atomic mass is 9.44. The third kappa shape index (κ3) is 3.79. The third-order valence-electron chi connectivity index (χ3n) is 10.8. The molecule has 4 aliphatic carbocycles. The van der Waals surface area contributed by atoms with E-state index in [4.69, 9.17) is 0 Å². The van der Waals surface area contributed by atoms with Gasteiger partial charge in [-0.15, -0.1) is 0 Å². The van der Waals surface area contributed by atoms with Gasteiger partial charge in [0.15, 0.2) is 0 Å². The van der Waals surface area contributed by atoms with Crippen LogP contribution in [0.15, 0.2) is 0 Å². The van der Waals surface area contributed by atoms with Crippen LogP contribution in [0.1, 0.15) is 86.0 Å². The monoisotopic (exact) mass is 450 g/mol. The van der Waals surface area contributed by atoms with Gasteiger partial charge in [0.1, 0.15) is 5.78 Å². The first-order valence-electron chi connectivity index (χ1n) is 13.1. The summed E-state index contributed by atoms with van der Waals surface area (Å²) in [7, 11) is 0. The molecule has 0 bridgehead atoms. The van der Waals surface area contributed by atoms with Gasteiger partial charge in [-0.05, 0) is 91.3 Å². The molecule has 0 saturated heterocycles. The Morgan fingerprint density at radius 1 is 0.969 bits per heavy atom. The summed E-state index contributed by atoms with van der Waals surface area (Å²) in [6.45, 7) is 10.8. The fraction of sp³-hybridized carbons (Fsp3) is 0.963. The Hall–Kier alpha value is -0.490. The Kier molecular flexibility index (Phi) is 6.64. The number of aliphatic hydroxyl groups is 4. The smallest absolute Gasteiger partial charge is 0.136 e. The Bertz CT molecular complexity index is 708. The van der Waals surface area contributed by atoms with Crippen molar-refractivity contribution in [3.05, 3.63) is 0 Å². The lowest BCUT2D eigenvalue weighted by Gasteiger charge is -2.61. The summed E-state index contributed by atoms with van der Waals surface area (Å²) < 4.78 is 0. The number of rotatable bonds is 5. The average Bonchev–Trinajstić information content (AvgIpc) is 3.06. The van der Waals surface area contributed by atoms with Gasteiger partial charge in [0, 0.05) is 12.3 Å². The zero-order chi connectivity index (χ0) is 23.6. The number of ketones is 1. The summed E-state index contributed by atoms with van der Waals surface area (Å²) in [5.74, 6) is 2.09. The van der Waals surface area contributed by atoms with Gasteiger partial charge in [-0.1, -0.05) is 34.6 Å². The summed E-state index contributed by atoms with van der Waals surface area (Å²) >= 11 is 0. The van der Waals surface area contributed by atoms with E-state index in [0.29, 0.717) is 55.3 Å². The Labute approximate surface area is 194 Å². The first-order valence-corrected chi connectivity index (χ1v) is 13.1. The van der Waals surface area contributed by atoms with Crippen LogP contribution in [0.25, 0.3) is 0 Å². The molecule has 32 heavy (non-hydrogen) atoms. The minimum atomic E-state index is -0.780. The zero-order valence-electron chi connectivity index (χ0n) is 20.7. The number of hydrogen-bond acceptors (Lipinski definition) is 5. The van der Waals surface area contributed by atoms with E-state index < -0.39 is 24.4 Å². The maximum absolute atomic E-state index is 13.3. The first kappa shape index (κ1) is 24.6. The predicted octanol–water partition coefficient (Wildman–Crippen LogP) is 3.56. The molecule has 4 N–H and O–H groups in total. The number of fused-ring (bicyclic) bond motifs is 5. The van der Waals surface area contributed by atoms with Crippen LogP contribution in [0.4, 0.5) is 0 Å². The van der Waals surface area contributed by atoms with E-state index >= 15 is 0 Å². The Morgan fingerprint density at radius 2 is 1.62 bits per heavy atom. The highest BCUT2D eigenvalue weighted by atomic mass is 16.3. The van der Waals surface area contributed by atoms with Crippen LogP contribution in [0, 0.1) is 52.3 Å². The van der Waals surface area contributed by atoms with Crippen molar-refractivity contribution in [1.82, 2.24) is 0 Å². The molecule has 5 nitrogen and oxygen atoms in total. The van der Waals surface area contributed by atoms with E-state index in [1.165, 1.54) is 0 Å². The van der Waals surface area contributed by atoms with Gasteiger partial charge >= 0.3 is 0 Å². The lowest BCUT2D eigenvalue weighted by Crippen LogP contribution is -2.59. The summed E-state index contributed by atoms with van der Waals surface area (Å²) in [4.78, 5) is 13.3. The molecule has 0 aromatic heterocycles. The molecule has 0 aromatic rings. The SMILES string of the molecule is CC(C)CC(O)C(O)[C@@H](C)[C@H]1CC[C@H]2[C@@H]3CC(=O)[C@H]4C[C@H](O)[C@H](O)C[C@]4(C)[C@H]3CC[C@]12C. The van der Waals surface area contributed by atoms with Gasteiger partial charge in [-0.2, -0.15) is 0 Å². The van der Waals surface area contributed by atoms with Crippen molar-refractivity contribution in [1.29, 1.82) is 0 Å². The molecule has 0 aromatic carbocycles. The third-order valence-corrected chi connectivity index (χ3v) is 10.8. The average molecular weight is 451 g/mol. The maximum Gasteiger partial charge on any atom is 0.136 e. The molecule has 2 unspecified atom stereocenters. The molecule has 4 saturated carbocycles. The van der Waals surface area contributed by atoms with Crippen molar-refractivity contribution < 1.29 is 25.2 Å². The normalized spacial score (nSPS) is 49.2. The largest absolute Gasteiger partial charge is 0.390 e. The van der Waals surface area contributed by atoms with Crippen LogP contribution < -0.4 is 0 Å². The molecule has 0 amide bonds. The fourth-order valence-electron chi connectivity index (χ4n) is 9.19. The van der Waals surface area contributed by atoms with Crippen LogP contribution in [0.3, 0.4) is 0 Å². The highest BCUT2D eigenvalue weighted by Gasteiger charge is 2.63. The molecule has 4 aliphatic rings. The molecule has 0 heterocycles. The molecule has 0 spiro atoms. The number of aliphatic hydroxyl groups excluding tert-OH is 4. The number of hydrogen-bond donors (Lipinski definition) is 4. The van der Waals surface area contributed by atoms with Gasteiger partial charge in [-0.25, -0.2) is 0 Å². The quantitative estimate of drug-likeness (QED) is 0.513. The van der Waals surface area contributed by atoms with Crippen molar-refractivity contribution in [3.63, 3.8) is 0 Å². The molecule has 184 valence electrons. The summed E-state index contributed by atoms with van der Waals surface area (Å²) in [6, 6.07) is 0. The minimum absolute atomic E-state index is 0.0320. The second kappa shape index (κ2) is 8.62. The highest BCUT2D eigenvalue weighted by Crippen LogP contribution is 2.67. The minimum Gasteiger partial charge on any atom is -0.390 e. The van der Waals surface area contributed by atoms with Gasteiger partial charge in [0.2, 0.25) is 0 Å². The van der Waals surface area contributed by atoms with E-state index in [1.54, 1.807) is 0 Å². The maximum atomic E-state index is 13.3. The van der Waals surface area contributed by atoms with E-state index in [0.717, 1.165) is 25.7 Å². The molecule has 0 aliphatic heterocycles. The van der Waals surface area contributed by atoms with Gasteiger partial charge in [0.05, 0.1) is 24.4 Å². The van der Waals surface area contributed by atoms with Crippen LogP contribution in [0.5, 0.6) is 0 Å². The second-order valence-electron chi connectivity index (χ2n) is 13.0. The summed E-state index contributed by atoms with van der Waals surface area (Å²) in [5, 5.41) is 42.3. The van der Waals surface area contributed by atoms with E-state index in [9.17, 15) is 25.2 Å². The van der Waals surface area contributed by atoms with Crippen molar-refractivity contribution in [2.45, 2.75) is 110 Å². The number of Topliss-reactive ketones (excluding diaryl/α,β-unsaturated/α-hetero) is 1. The highest BCUT2D eigenvalue weighted by molar-refractivity contribution is 5.83. The zero-order valence-corrected chi connectivity index (χ0v) is 20.7. The summed E-state index contributed by atoms with van der Waals surface area (Å²) in [5.41, 5.74) is -0.147. The Morgan fingerprint density at radius 3 is 2.28 bits per heavy atom. The van der Waals surface area contributed by atoms with Gasteiger partial charge in [0.25, 0.3) is 0 Å². The summed E-state index contributed by atoms with van der Waals surface area (Å²) in [6.07, 6.45) is 3.50. The van der Waals surface area contributed by atoms with Gasteiger partial charge < -0.3 is 20.4 Å². The van der Waals surface area contributed by atoms with Crippen LogP contribution in [-0.4, -0.2) is 50.6 Å². The van der Waals surface area contributed by atoms with Crippen LogP contribution in [-0.2, 0) is 4.79 Å². The standard InChI is InChI=1S/C27H46O5/c1-14(2)10-23(30)25(32)15(3)17-6-7-18-16-11-21(28)20-12-22(29)24(31)13-27(20,5)19(16)8-9-26(17,18)4/h14-20,22-25,29-32H,6-13H2,1-5H3/t15-,16-,17+,18-,19-,20+,22-,23?,24+,25?,26+,27+/m0/s1. The van der Waals surface area contributed by atoms with Crippen molar-refractivity contribution in [2.24, 2.45) is 52.3 Å². The molecule has 12 atom stereocenters. The van der Waals surface area contributed by atoms with E-state index in [-0.39, 0.29) is 28.4 Å². The fourth-order valence-corrected chi connectivity index (χ4v) is 9.19. The molecule has 4 rings (SSSR count). The molecule has 0 radical (unpaired) electrons. The van der Waals surface area contributed by atoms with Crippen LogP contribution in [0.2, 0.25) is 0 Å². The van der Waals surface area contributed by atoms with E-state index in [2.05, 4.69) is 34.6 Å². The lowest BCUT2D eigenvalue weighted by molar-refractivity contribution is -0.174.